The SMILES string of the molecule is Cc1ccc(N(C)/C(Cl)=C(\Cl)N(C)c2ccc(C)cc2)cc1. The molecule has 116 valence electrons. The minimum absolute atomic E-state index is 0.480. The first-order valence-corrected chi connectivity index (χ1v) is 7.82. The van der Waals surface area contributed by atoms with Gasteiger partial charge < -0.3 is 9.80 Å². The molecule has 2 nitrogen and oxygen atoms in total. The van der Waals surface area contributed by atoms with Crippen molar-refractivity contribution in [3.63, 3.8) is 0 Å². The third-order valence-electron chi connectivity index (χ3n) is 3.60. The number of anilines is 2. The molecule has 2 aromatic rings. The van der Waals surface area contributed by atoms with Crippen LogP contribution in [0.1, 0.15) is 11.1 Å². The summed E-state index contributed by atoms with van der Waals surface area (Å²) in [5, 5.41) is 0.960. The predicted octanol–water partition coefficient (Wildman–Crippen LogP) is 5.48. The topological polar surface area (TPSA) is 6.48 Å². The standard InChI is InChI=1S/C18H20Cl2N2/c1-13-5-9-15(10-6-13)21(3)17(19)18(20)22(4)16-11-7-14(2)8-12-16/h5-12H,1-4H3/b18-17+. The molecular formula is C18H20Cl2N2. The van der Waals surface area contributed by atoms with Gasteiger partial charge in [-0.05, 0) is 38.1 Å². The highest BCUT2D eigenvalue weighted by Gasteiger charge is 2.14. The molecule has 0 aromatic heterocycles. The van der Waals surface area contributed by atoms with Gasteiger partial charge >= 0.3 is 0 Å². The van der Waals surface area contributed by atoms with Gasteiger partial charge in [0.2, 0.25) is 0 Å². The zero-order chi connectivity index (χ0) is 16.3. The maximum atomic E-state index is 6.46. The summed E-state index contributed by atoms with van der Waals surface area (Å²) < 4.78 is 0. The lowest BCUT2D eigenvalue weighted by molar-refractivity contribution is 1.10. The highest BCUT2D eigenvalue weighted by atomic mass is 35.5. The molecule has 0 amide bonds. The summed E-state index contributed by atoms with van der Waals surface area (Å²) in [5.74, 6) is 0. The van der Waals surface area contributed by atoms with Crippen LogP contribution >= 0.6 is 23.2 Å². The first kappa shape index (κ1) is 16.7. The van der Waals surface area contributed by atoms with E-state index < -0.39 is 0 Å². The van der Waals surface area contributed by atoms with Crippen LogP contribution in [0.25, 0.3) is 0 Å². The van der Waals surface area contributed by atoms with Gasteiger partial charge in [0.25, 0.3) is 0 Å². The van der Waals surface area contributed by atoms with Crippen LogP contribution in [-0.2, 0) is 0 Å². The highest BCUT2D eigenvalue weighted by molar-refractivity contribution is 6.41. The summed E-state index contributed by atoms with van der Waals surface area (Å²) in [7, 11) is 3.80. The molecule has 2 aromatic carbocycles. The maximum absolute atomic E-state index is 6.46. The first-order chi connectivity index (χ1) is 10.4. The molecule has 0 aliphatic rings. The zero-order valence-corrected chi connectivity index (χ0v) is 14.8. The molecule has 0 radical (unpaired) electrons. The lowest BCUT2D eigenvalue weighted by Gasteiger charge is -2.25. The van der Waals surface area contributed by atoms with Crippen molar-refractivity contribution in [3.8, 4) is 0 Å². The summed E-state index contributed by atoms with van der Waals surface area (Å²) >= 11 is 12.9. The summed E-state index contributed by atoms with van der Waals surface area (Å²) in [4.78, 5) is 3.74. The average molecular weight is 335 g/mol. The molecule has 0 spiro atoms. The molecule has 2 rings (SSSR count). The Morgan fingerprint density at radius 1 is 0.636 bits per heavy atom. The van der Waals surface area contributed by atoms with Gasteiger partial charge in [-0.1, -0.05) is 58.6 Å². The van der Waals surface area contributed by atoms with Crippen LogP contribution in [0.15, 0.2) is 58.8 Å². The normalized spacial score (nSPS) is 11.9. The number of hydrogen-bond donors (Lipinski definition) is 0. The molecule has 0 saturated carbocycles. The van der Waals surface area contributed by atoms with Crippen molar-refractivity contribution in [3.05, 3.63) is 70.0 Å². The largest absolute Gasteiger partial charge is 0.333 e. The minimum Gasteiger partial charge on any atom is -0.333 e. The number of rotatable bonds is 4. The van der Waals surface area contributed by atoms with Crippen LogP contribution in [0, 0.1) is 13.8 Å². The van der Waals surface area contributed by atoms with Crippen LogP contribution in [0.4, 0.5) is 11.4 Å². The Morgan fingerprint density at radius 2 is 0.909 bits per heavy atom. The van der Waals surface area contributed by atoms with Crippen LogP contribution in [-0.4, -0.2) is 14.1 Å². The summed E-state index contributed by atoms with van der Waals surface area (Å²) in [6.07, 6.45) is 0. The fraction of sp³-hybridized carbons (Fsp3) is 0.222. The minimum atomic E-state index is 0.480. The molecule has 22 heavy (non-hydrogen) atoms. The molecule has 0 unspecified atom stereocenters. The molecule has 0 N–H and O–H groups in total. The van der Waals surface area contributed by atoms with E-state index >= 15 is 0 Å². The maximum Gasteiger partial charge on any atom is 0.145 e. The van der Waals surface area contributed by atoms with Gasteiger partial charge in [0.05, 0.1) is 0 Å². The van der Waals surface area contributed by atoms with E-state index in [1.165, 1.54) is 11.1 Å². The monoisotopic (exact) mass is 334 g/mol. The van der Waals surface area contributed by atoms with Gasteiger partial charge in [-0.15, -0.1) is 0 Å². The van der Waals surface area contributed by atoms with Gasteiger partial charge in [0.1, 0.15) is 10.3 Å². The van der Waals surface area contributed by atoms with E-state index in [2.05, 4.69) is 13.8 Å². The molecule has 0 bridgehead atoms. The van der Waals surface area contributed by atoms with Crippen LogP contribution < -0.4 is 9.80 Å². The van der Waals surface area contributed by atoms with E-state index in [0.717, 1.165) is 11.4 Å². The fourth-order valence-electron chi connectivity index (χ4n) is 2.04. The predicted molar refractivity (Wildman–Crippen MR) is 97.9 cm³/mol. The Hall–Kier alpha value is -1.64. The molecule has 0 fully saturated rings. The van der Waals surface area contributed by atoms with E-state index in [1.54, 1.807) is 0 Å². The Bertz CT molecular complexity index is 601. The highest BCUT2D eigenvalue weighted by Crippen LogP contribution is 2.28. The summed E-state index contributed by atoms with van der Waals surface area (Å²) in [6.45, 7) is 4.11. The smallest absolute Gasteiger partial charge is 0.145 e. The van der Waals surface area contributed by atoms with Crippen molar-refractivity contribution in [2.75, 3.05) is 23.9 Å². The molecule has 0 aliphatic carbocycles. The van der Waals surface area contributed by atoms with Crippen LogP contribution in [0.5, 0.6) is 0 Å². The third-order valence-corrected chi connectivity index (χ3v) is 4.56. The van der Waals surface area contributed by atoms with Gasteiger partial charge in [0.15, 0.2) is 0 Å². The fourth-order valence-corrected chi connectivity index (χ4v) is 2.49. The number of halogens is 2. The summed E-state index contributed by atoms with van der Waals surface area (Å²) in [5.41, 5.74) is 4.40. The molecule has 0 heterocycles. The van der Waals surface area contributed by atoms with Crippen molar-refractivity contribution < 1.29 is 0 Å². The van der Waals surface area contributed by atoms with Crippen LogP contribution in [0.3, 0.4) is 0 Å². The number of nitrogens with zero attached hydrogens (tertiary/aromatic N) is 2. The summed E-state index contributed by atoms with van der Waals surface area (Å²) in [6, 6.07) is 16.3. The lowest BCUT2D eigenvalue weighted by atomic mass is 10.2. The lowest BCUT2D eigenvalue weighted by Crippen LogP contribution is -2.21. The second-order valence-electron chi connectivity index (χ2n) is 5.37. The molecule has 0 atom stereocenters. The first-order valence-electron chi connectivity index (χ1n) is 7.06. The number of aryl methyl sites for hydroxylation is 2. The van der Waals surface area contributed by atoms with Gasteiger partial charge in [-0.25, -0.2) is 0 Å². The average Bonchev–Trinajstić information content (AvgIpc) is 2.53. The van der Waals surface area contributed by atoms with E-state index in [4.69, 9.17) is 23.2 Å². The van der Waals surface area contributed by atoms with E-state index in [0.29, 0.717) is 10.3 Å². The van der Waals surface area contributed by atoms with Crippen molar-refractivity contribution in [1.82, 2.24) is 0 Å². The van der Waals surface area contributed by atoms with Crippen molar-refractivity contribution in [2.45, 2.75) is 13.8 Å². The Kier molecular flexibility index (Phi) is 5.38. The van der Waals surface area contributed by atoms with E-state index in [9.17, 15) is 0 Å². The quantitative estimate of drug-likeness (QED) is 0.683. The molecule has 4 heteroatoms. The van der Waals surface area contributed by atoms with Gasteiger partial charge in [0, 0.05) is 25.5 Å². The van der Waals surface area contributed by atoms with Gasteiger partial charge in [-0.2, -0.15) is 0 Å². The number of hydrogen-bond acceptors (Lipinski definition) is 2. The molecular weight excluding hydrogens is 315 g/mol. The van der Waals surface area contributed by atoms with E-state index in [-0.39, 0.29) is 0 Å². The zero-order valence-electron chi connectivity index (χ0n) is 13.3. The molecule has 0 saturated heterocycles. The van der Waals surface area contributed by atoms with Crippen molar-refractivity contribution in [2.24, 2.45) is 0 Å². The van der Waals surface area contributed by atoms with E-state index in [1.807, 2.05) is 72.4 Å². The Labute approximate surface area is 142 Å². The van der Waals surface area contributed by atoms with Crippen molar-refractivity contribution in [1.29, 1.82) is 0 Å². The van der Waals surface area contributed by atoms with Crippen molar-refractivity contribution >= 4 is 34.6 Å². The molecule has 0 aliphatic heterocycles. The van der Waals surface area contributed by atoms with Crippen LogP contribution in [0.2, 0.25) is 0 Å². The van der Waals surface area contributed by atoms with Gasteiger partial charge in [-0.3, -0.25) is 0 Å². The Balaban J connectivity index is 2.27. The Morgan fingerprint density at radius 3 is 1.18 bits per heavy atom. The third kappa shape index (κ3) is 3.76. The second kappa shape index (κ2) is 7.08. The number of benzene rings is 2. The second-order valence-corrected chi connectivity index (χ2v) is 6.09.